The van der Waals surface area contributed by atoms with Gasteiger partial charge in [-0.25, -0.2) is 17.6 Å². The molecule has 0 fully saturated rings. The predicted octanol–water partition coefficient (Wildman–Crippen LogP) is 14.9. The molecule has 58 heavy (non-hydrogen) atoms. The molecule has 8 rings (SSSR count). The largest absolute Gasteiger partial charge is 0.207 e. The highest BCUT2D eigenvalue weighted by Gasteiger charge is 2.09. The first-order valence-electron chi connectivity index (χ1n) is 18.9. The maximum atomic E-state index is 13.8. The highest BCUT2D eigenvalue weighted by atomic mass is 19.1. The van der Waals surface area contributed by atoms with Gasteiger partial charge in [0.2, 0.25) is 0 Å². The van der Waals surface area contributed by atoms with Gasteiger partial charge in [-0.05, 0) is 138 Å². The van der Waals surface area contributed by atoms with Gasteiger partial charge in [-0.1, -0.05) is 158 Å². The molecule has 0 aliphatic carbocycles. The third-order valence-corrected chi connectivity index (χ3v) is 10.0. The van der Waals surface area contributed by atoms with Gasteiger partial charge in [0, 0.05) is 0 Å². The van der Waals surface area contributed by atoms with Crippen LogP contribution in [0.1, 0.15) is 55.6 Å². The molecular formula is C54H36F4. The first-order valence-corrected chi connectivity index (χ1v) is 18.9. The molecule has 280 valence electrons. The van der Waals surface area contributed by atoms with Gasteiger partial charge in [-0.2, -0.15) is 0 Å². The van der Waals surface area contributed by atoms with Crippen molar-refractivity contribution >= 4 is 58.4 Å². The summed E-state index contributed by atoms with van der Waals surface area (Å²) in [5, 5.41) is 2.28. The van der Waals surface area contributed by atoms with Crippen molar-refractivity contribution in [3.63, 3.8) is 0 Å². The van der Waals surface area contributed by atoms with E-state index in [-0.39, 0.29) is 23.3 Å². The molecular weight excluding hydrogens is 725 g/mol. The Morgan fingerprint density at radius 2 is 0.672 bits per heavy atom. The van der Waals surface area contributed by atoms with Crippen molar-refractivity contribution in [1.82, 2.24) is 0 Å². The van der Waals surface area contributed by atoms with Crippen molar-refractivity contribution in [2.24, 2.45) is 0 Å². The summed E-state index contributed by atoms with van der Waals surface area (Å²) in [5.74, 6) is -1.26. The summed E-state index contributed by atoms with van der Waals surface area (Å²) in [6.45, 7) is 0. The summed E-state index contributed by atoms with van der Waals surface area (Å²) >= 11 is 0. The van der Waals surface area contributed by atoms with Crippen molar-refractivity contribution in [2.75, 3.05) is 0 Å². The number of rotatable bonds is 10. The zero-order valence-corrected chi connectivity index (χ0v) is 31.3. The van der Waals surface area contributed by atoms with Gasteiger partial charge in [0.15, 0.2) is 0 Å². The SMILES string of the molecule is Fc1ccc(C(=Cc2ccc(C=Cc3ccc4ccccc4c3C=Cc3ccc(C=C(c4ccc(F)cc4)c4ccc(F)cc4)cc3)cc2)c2ccc(F)cc2)cc1. The second kappa shape index (κ2) is 17.2. The molecule has 4 heteroatoms. The fourth-order valence-electron chi connectivity index (χ4n) is 6.93. The molecule has 0 radical (unpaired) electrons. The summed E-state index contributed by atoms with van der Waals surface area (Å²) < 4.78 is 55.0. The Morgan fingerprint density at radius 1 is 0.310 bits per heavy atom. The standard InChI is InChI=1S/C54H36F4/c55-47-26-18-43(19-27-47)53(44-20-28-48(56)29-21-44)35-39-9-5-37(6-10-39)13-15-42-17-16-41-3-1-2-4-51(41)52(42)34-14-38-7-11-40(12-8-38)36-54(45-22-30-49(57)31-23-45)46-24-32-50(58)33-25-46/h1-36H. The van der Waals surface area contributed by atoms with Gasteiger partial charge >= 0.3 is 0 Å². The molecule has 0 amide bonds. The summed E-state index contributed by atoms with van der Waals surface area (Å²) in [4.78, 5) is 0. The lowest BCUT2D eigenvalue weighted by Gasteiger charge is -2.10. The molecule has 0 aliphatic heterocycles. The third kappa shape index (κ3) is 9.04. The van der Waals surface area contributed by atoms with E-state index in [1.54, 1.807) is 48.5 Å². The van der Waals surface area contributed by atoms with E-state index in [0.717, 1.165) is 77.6 Å². The Kier molecular flexibility index (Phi) is 11.2. The number of hydrogen-bond acceptors (Lipinski definition) is 0. The molecule has 0 aliphatic rings. The second-order valence-corrected chi connectivity index (χ2v) is 13.9. The normalized spacial score (nSPS) is 11.3. The van der Waals surface area contributed by atoms with Crippen molar-refractivity contribution in [1.29, 1.82) is 0 Å². The van der Waals surface area contributed by atoms with E-state index in [9.17, 15) is 17.6 Å². The van der Waals surface area contributed by atoms with E-state index in [4.69, 9.17) is 0 Å². The van der Waals surface area contributed by atoms with E-state index in [0.29, 0.717) is 0 Å². The molecule has 0 bridgehead atoms. The Labute approximate surface area is 335 Å². The van der Waals surface area contributed by atoms with Crippen molar-refractivity contribution in [3.05, 3.63) is 261 Å². The zero-order valence-electron chi connectivity index (χ0n) is 31.3. The highest BCUT2D eigenvalue weighted by molar-refractivity contribution is 5.98. The Balaban J connectivity index is 1.06. The van der Waals surface area contributed by atoms with E-state index in [2.05, 4.69) is 72.8 Å². The van der Waals surface area contributed by atoms with Crippen LogP contribution in [0.3, 0.4) is 0 Å². The van der Waals surface area contributed by atoms with Crippen LogP contribution < -0.4 is 0 Å². The van der Waals surface area contributed by atoms with Crippen molar-refractivity contribution in [2.45, 2.75) is 0 Å². The van der Waals surface area contributed by atoms with Gasteiger partial charge in [0.1, 0.15) is 23.3 Å². The average molecular weight is 761 g/mol. The molecule has 8 aromatic carbocycles. The van der Waals surface area contributed by atoms with E-state index < -0.39 is 0 Å². The summed E-state index contributed by atoms with van der Waals surface area (Å²) in [6, 6.07) is 54.2. The minimum Gasteiger partial charge on any atom is -0.207 e. The lowest BCUT2D eigenvalue weighted by atomic mass is 9.95. The monoisotopic (exact) mass is 760 g/mol. The van der Waals surface area contributed by atoms with Gasteiger partial charge in [0.05, 0.1) is 0 Å². The molecule has 8 aromatic rings. The smallest absolute Gasteiger partial charge is 0.123 e. The van der Waals surface area contributed by atoms with Gasteiger partial charge in [0.25, 0.3) is 0 Å². The van der Waals surface area contributed by atoms with Crippen LogP contribution >= 0.6 is 0 Å². The van der Waals surface area contributed by atoms with Crippen molar-refractivity contribution < 1.29 is 17.6 Å². The summed E-state index contributed by atoms with van der Waals surface area (Å²) in [5.41, 5.74) is 11.2. The average Bonchev–Trinajstić information content (AvgIpc) is 3.25. The zero-order chi connectivity index (χ0) is 39.8. The van der Waals surface area contributed by atoms with E-state index in [1.165, 1.54) is 48.5 Å². The lowest BCUT2D eigenvalue weighted by Crippen LogP contribution is -1.90. The summed E-state index contributed by atoms with van der Waals surface area (Å²) in [7, 11) is 0. The Bertz CT molecular complexity index is 2690. The van der Waals surface area contributed by atoms with E-state index in [1.807, 2.05) is 48.6 Å². The molecule has 0 N–H and O–H groups in total. The predicted molar refractivity (Wildman–Crippen MR) is 234 cm³/mol. The van der Waals surface area contributed by atoms with Crippen LogP contribution in [0.25, 0.3) is 58.4 Å². The van der Waals surface area contributed by atoms with E-state index >= 15 is 0 Å². The van der Waals surface area contributed by atoms with Crippen LogP contribution in [0.2, 0.25) is 0 Å². The van der Waals surface area contributed by atoms with Crippen LogP contribution in [0.4, 0.5) is 17.6 Å². The fraction of sp³-hybridized carbons (Fsp3) is 0. The van der Waals surface area contributed by atoms with Gasteiger partial charge in [-0.15, -0.1) is 0 Å². The van der Waals surface area contributed by atoms with Gasteiger partial charge in [-0.3, -0.25) is 0 Å². The number of benzene rings is 8. The molecule has 0 aromatic heterocycles. The summed E-state index contributed by atoms with van der Waals surface area (Å²) in [6.07, 6.45) is 12.5. The quantitative estimate of drug-likeness (QED) is 0.0962. The molecule has 0 saturated heterocycles. The fourth-order valence-corrected chi connectivity index (χ4v) is 6.93. The van der Waals surface area contributed by atoms with Gasteiger partial charge < -0.3 is 0 Å². The molecule has 0 heterocycles. The number of hydrogen-bond donors (Lipinski definition) is 0. The first-order chi connectivity index (χ1) is 28.3. The van der Waals surface area contributed by atoms with Crippen LogP contribution in [0.5, 0.6) is 0 Å². The minimum absolute atomic E-state index is 0.315. The first kappa shape index (κ1) is 37.6. The van der Waals surface area contributed by atoms with Crippen LogP contribution in [0.15, 0.2) is 182 Å². The topological polar surface area (TPSA) is 0 Å². The maximum absolute atomic E-state index is 13.8. The molecule has 0 atom stereocenters. The molecule has 0 nitrogen and oxygen atoms in total. The van der Waals surface area contributed by atoms with Crippen LogP contribution in [0, 0.1) is 23.3 Å². The van der Waals surface area contributed by atoms with Crippen LogP contribution in [-0.2, 0) is 0 Å². The molecule has 0 saturated carbocycles. The van der Waals surface area contributed by atoms with Crippen LogP contribution in [-0.4, -0.2) is 0 Å². The lowest BCUT2D eigenvalue weighted by molar-refractivity contribution is 0.627. The second-order valence-electron chi connectivity index (χ2n) is 13.9. The number of halogens is 4. The third-order valence-electron chi connectivity index (χ3n) is 10.0. The maximum Gasteiger partial charge on any atom is 0.123 e. The molecule has 0 unspecified atom stereocenters. The number of fused-ring (bicyclic) bond motifs is 1. The highest BCUT2D eigenvalue weighted by Crippen LogP contribution is 2.30. The minimum atomic E-state index is -0.315. The molecule has 0 spiro atoms. The Morgan fingerprint density at radius 3 is 1.09 bits per heavy atom. The van der Waals surface area contributed by atoms with Crippen molar-refractivity contribution in [3.8, 4) is 0 Å². The Hall–Kier alpha value is -7.30.